The van der Waals surface area contributed by atoms with E-state index in [4.69, 9.17) is 5.11 Å². The Morgan fingerprint density at radius 1 is 1.35 bits per heavy atom. The molecule has 1 unspecified atom stereocenters. The summed E-state index contributed by atoms with van der Waals surface area (Å²) in [5.74, 6) is -0.194. The Morgan fingerprint density at radius 2 is 2.15 bits per heavy atom. The highest BCUT2D eigenvalue weighted by molar-refractivity contribution is 5.68. The molecule has 1 aliphatic heterocycles. The Bertz CT molecular complexity index is 408. The number of carbonyl (C=O) groups is 1. The first-order chi connectivity index (χ1) is 9.74. The average Bonchev–Trinajstić information content (AvgIpc) is 2.46. The Hall–Kier alpha value is -1.39. The van der Waals surface area contributed by atoms with E-state index in [1.807, 2.05) is 0 Å². The van der Waals surface area contributed by atoms with Crippen LogP contribution in [-0.4, -0.2) is 48.7 Å². The van der Waals surface area contributed by atoms with Crippen molar-refractivity contribution in [2.45, 2.75) is 19.3 Å². The number of nitrogens with zero attached hydrogens (tertiary/aromatic N) is 1. The number of benzene rings is 1. The van der Waals surface area contributed by atoms with E-state index in [-0.39, 0.29) is 6.54 Å². The lowest BCUT2D eigenvalue weighted by atomic mass is 9.97. The maximum Gasteiger partial charge on any atom is 0.317 e. The number of nitrogens with one attached hydrogen (secondary N) is 1. The van der Waals surface area contributed by atoms with Crippen LogP contribution in [0.25, 0.3) is 0 Å². The summed E-state index contributed by atoms with van der Waals surface area (Å²) in [5.41, 5.74) is 1.39. The maximum atomic E-state index is 10.5. The number of piperidine rings is 1. The predicted octanol–water partition coefficient (Wildman–Crippen LogP) is 1.62. The summed E-state index contributed by atoms with van der Waals surface area (Å²) < 4.78 is 0. The minimum Gasteiger partial charge on any atom is -0.480 e. The molecule has 2 rings (SSSR count). The van der Waals surface area contributed by atoms with Crippen molar-refractivity contribution in [2.24, 2.45) is 5.92 Å². The highest BCUT2D eigenvalue weighted by Crippen LogP contribution is 2.16. The summed E-state index contributed by atoms with van der Waals surface area (Å²) in [5, 5.41) is 11.7. The second-order valence-corrected chi connectivity index (χ2v) is 5.57. The molecule has 0 saturated carbocycles. The molecule has 1 fully saturated rings. The maximum absolute atomic E-state index is 10.5. The number of carboxylic acids is 1. The third-order valence-electron chi connectivity index (χ3n) is 3.87. The number of carboxylic acid groups (broad SMARTS) is 1. The molecule has 0 bridgehead atoms. The van der Waals surface area contributed by atoms with Gasteiger partial charge in [-0.3, -0.25) is 4.79 Å². The molecule has 1 heterocycles. The minimum atomic E-state index is -0.776. The van der Waals surface area contributed by atoms with Crippen LogP contribution < -0.4 is 5.32 Å². The van der Waals surface area contributed by atoms with Gasteiger partial charge in [0.15, 0.2) is 0 Å². The van der Waals surface area contributed by atoms with Gasteiger partial charge in [0.2, 0.25) is 0 Å². The van der Waals surface area contributed by atoms with E-state index in [1.54, 1.807) is 0 Å². The molecule has 1 aromatic carbocycles. The molecule has 0 spiro atoms. The molecule has 4 nitrogen and oxygen atoms in total. The van der Waals surface area contributed by atoms with E-state index in [1.165, 1.54) is 24.9 Å². The van der Waals surface area contributed by atoms with Gasteiger partial charge in [-0.15, -0.1) is 0 Å². The van der Waals surface area contributed by atoms with Gasteiger partial charge in [0, 0.05) is 13.1 Å². The summed E-state index contributed by atoms with van der Waals surface area (Å²) in [4.78, 5) is 13.0. The first-order valence-corrected chi connectivity index (χ1v) is 7.43. The zero-order chi connectivity index (χ0) is 14.2. The van der Waals surface area contributed by atoms with E-state index in [2.05, 4.69) is 40.5 Å². The fourth-order valence-corrected chi connectivity index (χ4v) is 2.84. The molecule has 1 aliphatic rings. The van der Waals surface area contributed by atoms with Crippen LogP contribution >= 0.6 is 0 Å². The third-order valence-corrected chi connectivity index (χ3v) is 3.87. The molecule has 0 radical (unpaired) electrons. The molecule has 1 aromatic rings. The smallest absolute Gasteiger partial charge is 0.317 e. The van der Waals surface area contributed by atoms with Crippen LogP contribution in [0.3, 0.4) is 0 Å². The number of rotatable bonds is 7. The van der Waals surface area contributed by atoms with Crippen LogP contribution in [-0.2, 0) is 11.2 Å². The van der Waals surface area contributed by atoms with E-state index >= 15 is 0 Å². The largest absolute Gasteiger partial charge is 0.480 e. The second-order valence-electron chi connectivity index (χ2n) is 5.57. The first-order valence-electron chi connectivity index (χ1n) is 7.43. The van der Waals surface area contributed by atoms with Gasteiger partial charge < -0.3 is 15.3 Å². The molecule has 1 saturated heterocycles. The zero-order valence-electron chi connectivity index (χ0n) is 11.9. The fraction of sp³-hybridized carbons (Fsp3) is 0.562. The van der Waals surface area contributed by atoms with Crippen molar-refractivity contribution in [1.82, 2.24) is 10.2 Å². The molecule has 2 N–H and O–H groups in total. The molecule has 1 atom stereocenters. The van der Waals surface area contributed by atoms with Gasteiger partial charge in [0.1, 0.15) is 0 Å². The normalized spacial score (nSPS) is 19.9. The summed E-state index contributed by atoms with van der Waals surface area (Å²) in [7, 11) is 0. The Morgan fingerprint density at radius 3 is 2.90 bits per heavy atom. The SMILES string of the molecule is O=C(O)CNCC1CCCN(CCc2ccccc2)C1. The Labute approximate surface area is 120 Å². The lowest BCUT2D eigenvalue weighted by Crippen LogP contribution is -2.41. The minimum absolute atomic E-state index is 0.0700. The van der Waals surface area contributed by atoms with E-state index < -0.39 is 5.97 Å². The summed E-state index contributed by atoms with van der Waals surface area (Å²) in [6.07, 6.45) is 3.51. The summed E-state index contributed by atoms with van der Waals surface area (Å²) >= 11 is 0. The van der Waals surface area contributed by atoms with E-state index in [0.29, 0.717) is 5.92 Å². The second kappa shape index (κ2) is 8.02. The van der Waals surface area contributed by atoms with Crippen molar-refractivity contribution in [3.8, 4) is 0 Å². The number of hydrogen-bond acceptors (Lipinski definition) is 3. The van der Waals surface area contributed by atoms with E-state index in [0.717, 1.165) is 26.1 Å². The summed E-state index contributed by atoms with van der Waals surface area (Å²) in [6, 6.07) is 10.6. The third kappa shape index (κ3) is 5.31. The molecule has 0 aliphatic carbocycles. The van der Waals surface area contributed by atoms with Crippen LogP contribution in [0.15, 0.2) is 30.3 Å². The van der Waals surface area contributed by atoms with Gasteiger partial charge in [-0.05, 0) is 43.8 Å². The zero-order valence-corrected chi connectivity index (χ0v) is 11.9. The van der Waals surface area contributed by atoms with Gasteiger partial charge in [-0.1, -0.05) is 30.3 Å². The van der Waals surface area contributed by atoms with Crippen molar-refractivity contribution in [3.05, 3.63) is 35.9 Å². The fourth-order valence-electron chi connectivity index (χ4n) is 2.84. The lowest BCUT2D eigenvalue weighted by molar-refractivity contribution is -0.136. The predicted molar refractivity (Wildman–Crippen MR) is 79.8 cm³/mol. The highest BCUT2D eigenvalue weighted by atomic mass is 16.4. The summed E-state index contributed by atoms with van der Waals surface area (Å²) in [6.45, 7) is 4.23. The van der Waals surface area contributed by atoms with Crippen molar-refractivity contribution in [1.29, 1.82) is 0 Å². The molecule has 110 valence electrons. The lowest BCUT2D eigenvalue weighted by Gasteiger charge is -2.32. The molecule has 20 heavy (non-hydrogen) atoms. The molecular weight excluding hydrogens is 252 g/mol. The number of hydrogen-bond donors (Lipinski definition) is 2. The van der Waals surface area contributed by atoms with Crippen LogP contribution in [0.5, 0.6) is 0 Å². The molecule has 0 aromatic heterocycles. The van der Waals surface area contributed by atoms with Crippen LogP contribution in [0.4, 0.5) is 0 Å². The van der Waals surface area contributed by atoms with Crippen molar-refractivity contribution in [3.63, 3.8) is 0 Å². The topological polar surface area (TPSA) is 52.6 Å². The monoisotopic (exact) mass is 276 g/mol. The van der Waals surface area contributed by atoms with Crippen LogP contribution in [0, 0.1) is 5.92 Å². The van der Waals surface area contributed by atoms with Gasteiger partial charge in [-0.25, -0.2) is 0 Å². The number of aliphatic carboxylic acids is 1. The van der Waals surface area contributed by atoms with Gasteiger partial charge in [0.25, 0.3) is 0 Å². The molecule has 4 heteroatoms. The van der Waals surface area contributed by atoms with Gasteiger partial charge in [-0.2, -0.15) is 0 Å². The van der Waals surface area contributed by atoms with Crippen molar-refractivity contribution < 1.29 is 9.90 Å². The molecule has 0 amide bonds. The van der Waals surface area contributed by atoms with Crippen LogP contribution in [0.2, 0.25) is 0 Å². The number of likely N-dealkylation sites (tertiary alicyclic amines) is 1. The van der Waals surface area contributed by atoms with Crippen LogP contribution in [0.1, 0.15) is 18.4 Å². The first kappa shape index (κ1) is 15.0. The Balaban J connectivity index is 1.69. The van der Waals surface area contributed by atoms with Crippen molar-refractivity contribution in [2.75, 3.05) is 32.7 Å². The van der Waals surface area contributed by atoms with Gasteiger partial charge >= 0.3 is 5.97 Å². The van der Waals surface area contributed by atoms with E-state index in [9.17, 15) is 4.79 Å². The Kier molecular flexibility index (Phi) is 6.02. The van der Waals surface area contributed by atoms with Gasteiger partial charge in [0.05, 0.1) is 6.54 Å². The van der Waals surface area contributed by atoms with Crippen molar-refractivity contribution >= 4 is 5.97 Å². The quantitative estimate of drug-likeness (QED) is 0.794. The highest BCUT2D eigenvalue weighted by Gasteiger charge is 2.19. The standard InChI is InChI=1S/C16H24N2O2/c19-16(20)12-17-11-15-7-4-9-18(13-15)10-8-14-5-2-1-3-6-14/h1-3,5-6,15,17H,4,7-13H2,(H,19,20). The average molecular weight is 276 g/mol. The molecular formula is C16H24N2O2.